The fourth-order valence-corrected chi connectivity index (χ4v) is 2.19. The Morgan fingerprint density at radius 1 is 1.22 bits per heavy atom. The van der Waals surface area contributed by atoms with Crippen LogP contribution in [0.2, 0.25) is 0 Å². The molecule has 1 heterocycles. The molecule has 0 aromatic heterocycles. The molecule has 0 radical (unpaired) electrons. The Kier molecular flexibility index (Phi) is 2.74. The van der Waals surface area contributed by atoms with Crippen molar-refractivity contribution in [2.75, 3.05) is 18.2 Å². The van der Waals surface area contributed by atoms with E-state index >= 15 is 0 Å². The molecule has 0 spiro atoms. The molecule has 3 rings (SSSR count). The molecule has 2 aromatic carbocycles. The fraction of sp³-hybridized carbons (Fsp3) is 0.214. The van der Waals surface area contributed by atoms with Crippen LogP contribution in [0.5, 0.6) is 0 Å². The molecule has 1 atom stereocenters. The minimum Gasteiger partial charge on any atom is -0.346 e. The second-order valence-corrected chi connectivity index (χ2v) is 4.32. The van der Waals surface area contributed by atoms with Crippen LogP contribution >= 0.6 is 0 Å². The normalized spacial score (nSPS) is 19.7. The summed E-state index contributed by atoms with van der Waals surface area (Å²) >= 11 is 0. The largest absolute Gasteiger partial charge is 0.346 e. The first-order valence-electron chi connectivity index (χ1n) is 5.91. The summed E-state index contributed by atoms with van der Waals surface area (Å²) in [5.41, 5.74) is 6.34. The lowest BCUT2D eigenvalue weighted by atomic mass is 10.1. The number of hydrogen-bond donors (Lipinski definition) is 1. The number of nitrogens with two attached hydrogens (primary N) is 1. The van der Waals surface area contributed by atoms with Gasteiger partial charge in [0, 0.05) is 12.2 Å². The van der Waals surface area contributed by atoms with Crippen LogP contribution in [0.25, 0.3) is 10.8 Å². The van der Waals surface area contributed by atoms with Crippen LogP contribution in [0.3, 0.4) is 0 Å². The highest BCUT2D eigenvalue weighted by atomic mass is 16.5. The molecule has 2 N–H and O–H groups in total. The molecular formula is C14H14N2O2. The van der Waals surface area contributed by atoms with E-state index in [0.29, 0.717) is 0 Å². The standard InChI is InChI=1S/C14H14N2O2/c15-8-13-14(17)16(9-18-13)12-6-5-10-3-1-2-4-11(10)7-12/h1-7,13H,8-9,15H2. The molecule has 0 saturated carbocycles. The highest BCUT2D eigenvalue weighted by Crippen LogP contribution is 2.25. The third kappa shape index (κ3) is 1.75. The van der Waals surface area contributed by atoms with E-state index in [1.807, 2.05) is 42.5 Å². The molecular weight excluding hydrogens is 228 g/mol. The summed E-state index contributed by atoms with van der Waals surface area (Å²) in [5.74, 6) is -0.0622. The molecule has 18 heavy (non-hydrogen) atoms. The first-order valence-corrected chi connectivity index (χ1v) is 5.91. The zero-order valence-corrected chi connectivity index (χ0v) is 9.87. The van der Waals surface area contributed by atoms with Crippen LogP contribution in [-0.4, -0.2) is 25.3 Å². The Morgan fingerprint density at radius 2 is 2.00 bits per heavy atom. The average Bonchev–Trinajstić information content (AvgIpc) is 2.79. The van der Waals surface area contributed by atoms with Crippen molar-refractivity contribution in [3.8, 4) is 0 Å². The van der Waals surface area contributed by atoms with Crippen LogP contribution < -0.4 is 10.6 Å². The maximum atomic E-state index is 12.0. The monoisotopic (exact) mass is 242 g/mol. The summed E-state index contributed by atoms with van der Waals surface area (Å²) < 4.78 is 5.34. The van der Waals surface area contributed by atoms with Crippen molar-refractivity contribution in [1.29, 1.82) is 0 Å². The maximum Gasteiger partial charge on any atom is 0.259 e. The lowest BCUT2D eigenvalue weighted by molar-refractivity contribution is -0.121. The smallest absolute Gasteiger partial charge is 0.259 e. The topological polar surface area (TPSA) is 55.6 Å². The maximum absolute atomic E-state index is 12.0. The van der Waals surface area contributed by atoms with Gasteiger partial charge in [-0.05, 0) is 22.9 Å². The molecule has 4 heteroatoms. The quantitative estimate of drug-likeness (QED) is 0.868. The van der Waals surface area contributed by atoms with Crippen LogP contribution in [0, 0.1) is 0 Å². The molecule has 1 aliphatic rings. The van der Waals surface area contributed by atoms with Gasteiger partial charge in [0.15, 0.2) is 6.10 Å². The van der Waals surface area contributed by atoms with Gasteiger partial charge in [0.1, 0.15) is 6.73 Å². The molecule has 1 amide bonds. The summed E-state index contributed by atoms with van der Waals surface area (Å²) in [7, 11) is 0. The van der Waals surface area contributed by atoms with Gasteiger partial charge < -0.3 is 10.5 Å². The van der Waals surface area contributed by atoms with E-state index in [1.165, 1.54) is 0 Å². The third-order valence-corrected chi connectivity index (χ3v) is 3.21. The van der Waals surface area contributed by atoms with Gasteiger partial charge in [0.05, 0.1) is 0 Å². The average molecular weight is 242 g/mol. The van der Waals surface area contributed by atoms with Crippen LogP contribution in [0.15, 0.2) is 42.5 Å². The van der Waals surface area contributed by atoms with Crippen molar-refractivity contribution in [3.63, 3.8) is 0 Å². The molecule has 0 bridgehead atoms. The van der Waals surface area contributed by atoms with Gasteiger partial charge in [-0.15, -0.1) is 0 Å². The fourth-order valence-electron chi connectivity index (χ4n) is 2.19. The highest BCUT2D eigenvalue weighted by Gasteiger charge is 2.32. The van der Waals surface area contributed by atoms with Crippen LogP contribution in [0.4, 0.5) is 5.69 Å². The van der Waals surface area contributed by atoms with Gasteiger partial charge in [-0.3, -0.25) is 9.69 Å². The third-order valence-electron chi connectivity index (χ3n) is 3.21. The number of anilines is 1. The molecule has 1 saturated heterocycles. The predicted molar refractivity (Wildman–Crippen MR) is 70.2 cm³/mol. The second-order valence-electron chi connectivity index (χ2n) is 4.32. The Morgan fingerprint density at radius 3 is 2.72 bits per heavy atom. The molecule has 1 unspecified atom stereocenters. The molecule has 4 nitrogen and oxygen atoms in total. The van der Waals surface area contributed by atoms with Gasteiger partial charge in [0.2, 0.25) is 0 Å². The van der Waals surface area contributed by atoms with Crippen molar-refractivity contribution in [2.45, 2.75) is 6.10 Å². The van der Waals surface area contributed by atoms with E-state index in [4.69, 9.17) is 10.5 Å². The summed E-state index contributed by atoms with van der Waals surface area (Å²) in [5, 5.41) is 2.27. The number of nitrogens with zero attached hydrogens (tertiary/aromatic N) is 1. The van der Waals surface area contributed by atoms with Crippen molar-refractivity contribution in [1.82, 2.24) is 0 Å². The molecule has 92 valence electrons. The number of hydrogen-bond acceptors (Lipinski definition) is 3. The zero-order chi connectivity index (χ0) is 12.5. The summed E-state index contributed by atoms with van der Waals surface area (Å²) in [6.45, 7) is 0.502. The minimum absolute atomic E-state index is 0.0622. The predicted octanol–water partition coefficient (Wildman–Crippen LogP) is 1.49. The van der Waals surface area contributed by atoms with E-state index < -0.39 is 6.10 Å². The first kappa shape index (κ1) is 11.2. The van der Waals surface area contributed by atoms with E-state index in [2.05, 4.69) is 0 Å². The SMILES string of the molecule is NCC1OCN(c2ccc3ccccc3c2)C1=O. The lowest BCUT2D eigenvalue weighted by Crippen LogP contribution is -2.33. The Bertz CT molecular complexity index is 597. The van der Waals surface area contributed by atoms with Crippen molar-refractivity contribution >= 4 is 22.4 Å². The van der Waals surface area contributed by atoms with E-state index in [0.717, 1.165) is 16.5 Å². The Labute approximate surface area is 105 Å². The number of fused-ring (bicyclic) bond motifs is 1. The molecule has 1 fully saturated rings. The second kappa shape index (κ2) is 4.40. The lowest BCUT2D eigenvalue weighted by Gasteiger charge is -2.14. The summed E-state index contributed by atoms with van der Waals surface area (Å²) in [6.07, 6.45) is -0.503. The minimum atomic E-state index is -0.503. The number of amides is 1. The van der Waals surface area contributed by atoms with Gasteiger partial charge in [-0.1, -0.05) is 30.3 Å². The highest BCUT2D eigenvalue weighted by molar-refractivity contribution is 6.00. The van der Waals surface area contributed by atoms with Crippen LogP contribution in [0.1, 0.15) is 0 Å². The number of rotatable bonds is 2. The van der Waals surface area contributed by atoms with Gasteiger partial charge in [-0.2, -0.15) is 0 Å². The first-order chi connectivity index (χ1) is 8.79. The molecule has 2 aromatic rings. The van der Waals surface area contributed by atoms with Gasteiger partial charge in [-0.25, -0.2) is 0 Å². The van der Waals surface area contributed by atoms with Crippen molar-refractivity contribution in [3.05, 3.63) is 42.5 Å². The number of ether oxygens (including phenoxy) is 1. The Hall–Kier alpha value is -1.91. The van der Waals surface area contributed by atoms with E-state index in [9.17, 15) is 4.79 Å². The van der Waals surface area contributed by atoms with Crippen molar-refractivity contribution < 1.29 is 9.53 Å². The molecule has 0 aliphatic carbocycles. The van der Waals surface area contributed by atoms with Crippen molar-refractivity contribution in [2.24, 2.45) is 5.73 Å². The summed E-state index contributed by atoms with van der Waals surface area (Å²) in [6, 6.07) is 14.0. The van der Waals surface area contributed by atoms with E-state index in [1.54, 1.807) is 4.90 Å². The number of carbonyl (C=O) groups excluding carboxylic acids is 1. The number of benzene rings is 2. The zero-order valence-electron chi connectivity index (χ0n) is 9.87. The number of carbonyl (C=O) groups is 1. The van der Waals surface area contributed by atoms with E-state index in [-0.39, 0.29) is 19.2 Å². The summed E-state index contributed by atoms with van der Waals surface area (Å²) in [4.78, 5) is 13.6. The van der Waals surface area contributed by atoms with Gasteiger partial charge >= 0.3 is 0 Å². The Balaban J connectivity index is 1.98. The van der Waals surface area contributed by atoms with Gasteiger partial charge in [0.25, 0.3) is 5.91 Å². The molecule has 1 aliphatic heterocycles. The van der Waals surface area contributed by atoms with Crippen LogP contribution in [-0.2, 0) is 9.53 Å².